The van der Waals surface area contributed by atoms with E-state index in [0.717, 1.165) is 5.56 Å². The number of nitriles is 1. The monoisotopic (exact) mass is 298 g/mol. The highest BCUT2D eigenvalue weighted by molar-refractivity contribution is 5.72. The maximum absolute atomic E-state index is 9.09. The number of rotatable bonds is 3. The zero-order valence-electron chi connectivity index (χ0n) is 11.7. The first-order chi connectivity index (χ1) is 10.6. The molecule has 1 aliphatic rings. The minimum atomic E-state index is -0.0632. The highest BCUT2D eigenvalue weighted by atomic mass is 16.5. The van der Waals surface area contributed by atoms with E-state index in [1.807, 2.05) is 12.1 Å². The van der Waals surface area contributed by atoms with Crippen molar-refractivity contribution >= 4 is 11.5 Å². The van der Waals surface area contributed by atoms with E-state index in [0.29, 0.717) is 35.1 Å². The number of aliphatic hydroxyl groups is 1. The first kappa shape index (κ1) is 14.0. The fourth-order valence-electron chi connectivity index (χ4n) is 2.33. The summed E-state index contributed by atoms with van der Waals surface area (Å²) in [6.45, 7) is 0.144. The predicted octanol–water partition coefficient (Wildman–Crippen LogP) is 1.19. The third-order valence-corrected chi connectivity index (χ3v) is 3.42. The molecule has 2 aromatic rings. The van der Waals surface area contributed by atoms with Gasteiger partial charge < -0.3 is 26.0 Å². The Balaban J connectivity index is 1.99. The summed E-state index contributed by atoms with van der Waals surface area (Å²) in [7, 11) is 0. The van der Waals surface area contributed by atoms with Crippen LogP contribution in [-0.2, 0) is 6.42 Å². The zero-order valence-corrected chi connectivity index (χ0v) is 11.7. The van der Waals surface area contributed by atoms with E-state index in [1.54, 1.807) is 12.1 Å². The SMILES string of the molecule is N#Cc1c(N)nc2c(c1N)Cc1ccc(OCCO)cc1O2. The van der Waals surface area contributed by atoms with Crippen molar-refractivity contribution in [3.8, 4) is 23.4 Å². The number of fused-ring (bicyclic) bond motifs is 2. The third-order valence-electron chi connectivity index (χ3n) is 3.42. The molecule has 7 heteroatoms. The van der Waals surface area contributed by atoms with Crippen LogP contribution >= 0.6 is 0 Å². The van der Waals surface area contributed by atoms with Crippen molar-refractivity contribution in [2.24, 2.45) is 0 Å². The molecule has 112 valence electrons. The lowest BCUT2D eigenvalue weighted by atomic mass is 9.99. The molecule has 0 fully saturated rings. The lowest BCUT2D eigenvalue weighted by Gasteiger charge is -2.22. The molecule has 0 spiro atoms. The second-order valence-corrected chi connectivity index (χ2v) is 4.80. The molecule has 0 bridgehead atoms. The normalized spacial score (nSPS) is 11.8. The highest BCUT2D eigenvalue weighted by Gasteiger charge is 2.24. The molecule has 0 saturated heterocycles. The molecule has 1 aromatic heterocycles. The van der Waals surface area contributed by atoms with Crippen LogP contribution in [0.1, 0.15) is 16.7 Å². The molecule has 3 rings (SSSR count). The van der Waals surface area contributed by atoms with E-state index in [2.05, 4.69) is 4.98 Å². The van der Waals surface area contributed by atoms with Gasteiger partial charge >= 0.3 is 0 Å². The molecule has 0 unspecified atom stereocenters. The Labute approximate surface area is 126 Å². The fourth-order valence-corrected chi connectivity index (χ4v) is 2.33. The van der Waals surface area contributed by atoms with Crippen LogP contribution in [-0.4, -0.2) is 23.3 Å². The summed E-state index contributed by atoms with van der Waals surface area (Å²) in [5.41, 5.74) is 13.8. The molecule has 2 heterocycles. The summed E-state index contributed by atoms with van der Waals surface area (Å²) < 4.78 is 11.1. The Morgan fingerprint density at radius 3 is 2.95 bits per heavy atom. The molecule has 0 radical (unpaired) electrons. The van der Waals surface area contributed by atoms with E-state index < -0.39 is 0 Å². The van der Waals surface area contributed by atoms with Crippen molar-refractivity contribution in [1.82, 2.24) is 4.98 Å². The maximum Gasteiger partial charge on any atom is 0.226 e. The quantitative estimate of drug-likeness (QED) is 0.662. The number of pyridine rings is 1. The number of nitrogens with zero attached hydrogens (tertiary/aromatic N) is 2. The first-order valence-electron chi connectivity index (χ1n) is 6.66. The number of nitrogen functional groups attached to an aromatic ring is 2. The van der Waals surface area contributed by atoms with E-state index in [1.165, 1.54) is 0 Å². The lowest BCUT2D eigenvalue weighted by Crippen LogP contribution is -2.12. The Bertz CT molecular complexity index is 783. The molecule has 7 nitrogen and oxygen atoms in total. The van der Waals surface area contributed by atoms with Crippen molar-refractivity contribution in [3.05, 3.63) is 34.9 Å². The molecular weight excluding hydrogens is 284 g/mol. The smallest absolute Gasteiger partial charge is 0.226 e. The van der Waals surface area contributed by atoms with Crippen LogP contribution in [0, 0.1) is 11.3 Å². The average molecular weight is 298 g/mol. The standard InChI is InChI=1S/C15H14N4O3/c16-7-11-13(17)10-5-8-1-2-9(21-4-3-20)6-12(8)22-15(10)19-14(11)18/h1-2,6,20H,3-5H2,(H4,17,18,19). The van der Waals surface area contributed by atoms with E-state index in [9.17, 15) is 0 Å². The lowest BCUT2D eigenvalue weighted by molar-refractivity contribution is 0.201. The van der Waals surface area contributed by atoms with Gasteiger partial charge in [0.1, 0.15) is 35.6 Å². The highest BCUT2D eigenvalue weighted by Crippen LogP contribution is 2.41. The molecule has 1 aromatic carbocycles. The van der Waals surface area contributed by atoms with Crippen LogP contribution in [0.25, 0.3) is 0 Å². The van der Waals surface area contributed by atoms with Crippen molar-refractivity contribution in [2.75, 3.05) is 24.7 Å². The minimum absolute atomic E-state index is 0.0508. The van der Waals surface area contributed by atoms with Gasteiger partial charge in [0.05, 0.1) is 12.3 Å². The largest absolute Gasteiger partial charge is 0.491 e. The molecule has 0 aliphatic carbocycles. The van der Waals surface area contributed by atoms with Crippen LogP contribution < -0.4 is 20.9 Å². The van der Waals surface area contributed by atoms with Gasteiger partial charge in [0.15, 0.2) is 0 Å². The zero-order chi connectivity index (χ0) is 15.7. The second-order valence-electron chi connectivity index (χ2n) is 4.80. The summed E-state index contributed by atoms with van der Waals surface area (Å²) in [6, 6.07) is 7.32. The molecule has 0 saturated carbocycles. The van der Waals surface area contributed by atoms with Crippen LogP contribution in [0.4, 0.5) is 11.5 Å². The van der Waals surface area contributed by atoms with Crippen molar-refractivity contribution in [2.45, 2.75) is 6.42 Å². The number of nitrogens with two attached hydrogens (primary N) is 2. The van der Waals surface area contributed by atoms with Crippen molar-refractivity contribution < 1.29 is 14.6 Å². The van der Waals surface area contributed by atoms with Gasteiger partial charge in [0, 0.05) is 18.1 Å². The number of anilines is 2. The second kappa shape index (κ2) is 5.42. The Morgan fingerprint density at radius 1 is 1.41 bits per heavy atom. The Hall–Kier alpha value is -2.98. The Kier molecular flexibility index (Phi) is 3.45. The van der Waals surface area contributed by atoms with Gasteiger partial charge in [-0.25, -0.2) is 0 Å². The number of hydrogen-bond acceptors (Lipinski definition) is 7. The van der Waals surface area contributed by atoms with Crippen molar-refractivity contribution in [1.29, 1.82) is 5.26 Å². The summed E-state index contributed by atoms with van der Waals surface area (Å²) >= 11 is 0. The van der Waals surface area contributed by atoms with E-state index in [-0.39, 0.29) is 24.6 Å². The molecular formula is C15H14N4O3. The third kappa shape index (κ3) is 2.25. The Morgan fingerprint density at radius 2 is 2.23 bits per heavy atom. The predicted molar refractivity (Wildman–Crippen MR) is 79.7 cm³/mol. The topological polar surface area (TPSA) is 127 Å². The number of benzene rings is 1. The van der Waals surface area contributed by atoms with Gasteiger partial charge in [0.25, 0.3) is 0 Å². The minimum Gasteiger partial charge on any atom is -0.491 e. The maximum atomic E-state index is 9.09. The first-order valence-corrected chi connectivity index (χ1v) is 6.66. The van der Waals surface area contributed by atoms with Gasteiger partial charge in [-0.2, -0.15) is 10.2 Å². The van der Waals surface area contributed by atoms with Crippen molar-refractivity contribution in [3.63, 3.8) is 0 Å². The van der Waals surface area contributed by atoms with Gasteiger partial charge in [-0.15, -0.1) is 0 Å². The van der Waals surface area contributed by atoms with E-state index in [4.69, 9.17) is 31.3 Å². The van der Waals surface area contributed by atoms with Gasteiger partial charge in [-0.3, -0.25) is 0 Å². The van der Waals surface area contributed by atoms with Gasteiger partial charge in [-0.05, 0) is 11.6 Å². The van der Waals surface area contributed by atoms with Crippen LogP contribution in [0.2, 0.25) is 0 Å². The fraction of sp³-hybridized carbons (Fsp3) is 0.200. The summed E-state index contributed by atoms with van der Waals surface area (Å²) in [6.07, 6.45) is 0.499. The number of hydrogen-bond donors (Lipinski definition) is 3. The molecule has 5 N–H and O–H groups in total. The van der Waals surface area contributed by atoms with Crippen LogP contribution in [0.5, 0.6) is 17.4 Å². The molecule has 22 heavy (non-hydrogen) atoms. The number of aromatic nitrogens is 1. The molecule has 1 aliphatic heterocycles. The average Bonchev–Trinajstić information content (AvgIpc) is 2.51. The molecule has 0 amide bonds. The van der Waals surface area contributed by atoms with Crippen LogP contribution in [0.15, 0.2) is 18.2 Å². The summed E-state index contributed by atoms with van der Waals surface area (Å²) in [4.78, 5) is 4.11. The molecule has 0 atom stereocenters. The number of aliphatic hydroxyl groups excluding tert-OH is 1. The van der Waals surface area contributed by atoms with Gasteiger partial charge in [-0.1, -0.05) is 6.07 Å². The number of ether oxygens (including phenoxy) is 2. The van der Waals surface area contributed by atoms with E-state index >= 15 is 0 Å². The summed E-state index contributed by atoms with van der Waals surface area (Å²) in [5, 5.41) is 17.9. The van der Waals surface area contributed by atoms with Gasteiger partial charge in [0.2, 0.25) is 5.88 Å². The summed E-state index contributed by atoms with van der Waals surface area (Å²) in [5.74, 6) is 1.54. The van der Waals surface area contributed by atoms with Crippen LogP contribution in [0.3, 0.4) is 0 Å².